The number of carbonyl (C=O) groups is 1. The van der Waals surface area contributed by atoms with Crippen molar-refractivity contribution in [1.82, 2.24) is 4.90 Å². The average Bonchev–Trinajstić information content (AvgIpc) is 2.81. The van der Waals surface area contributed by atoms with Crippen molar-refractivity contribution in [2.75, 3.05) is 19.6 Å². The van der Waals surface area contributed by atoms with Crippen LogP contribution in [0.1, 0.15) is 41.6 Å². The lowest BCUT2D eigenvalue weighted by molar-refractivity contribution is 0.0695. The molecule has 0 bridgehead atoms. The van der Waals surface area contributed by atoms with Gasteiger partial charge in [0.15, 0.2) is 0 Å². The van der Waals surface area contributed by atoms with E-state index in [1.54, 1.807) is 12.1 Å². The molecule has 2 rings (SSSR count). The van der Waals surface area contributed by atoms with Gasteiger partial charge in [0.2, 0.25) is 0 Å². The lowest BCUT2D eigenvalue weighted by Gasteiger charge is -2.21. The van der Waals surface area contributed by atoms with E-state index in [1.807, 2.05) is 12.1 Å². The van der Waals surface area contributed by atoms with Crippen molar-refractivity contribution in [2.45, 2.75) is 25.7 Å². The maximum absolute atomic E-state index is 11.1. The minimum atomic E-state index is -0.825. The zero-order valence-corrected chi connectivity index (χ0v) is 10.2. The van der Waals surface area contributed by atoms with E-state index in [9.17, 15) is 4.79 Å². The minimum absolute atomic E-state index is 0.278. The smallest absolute Gasteiger partial charge is 0.335 e. The molecule has 1 aromatic rings. The molecule has 1 N–H and O–H groups in total. The third kappa shape index (κ3) is 2.86. The van der Waals surface area contributed by atoms with Crippen LogP contribution in [-0.2, 0) is 0 Å². The number of likely N-dealkylation sites (tertiary alicyclic amines) is 1. The zero-order valence-electron chi connectivity index (χ0n) is 10.2. The number of benzene rings is 1. The van der Waals surface area contributed by atoms with E-state index in [1.165, 1.54) is 12.8 Å². The number of hydrogen-bond acceptors (Lipinski definition) is 2. The topological polar surface area (TPSA) is 40.5 Å². The molecule has 1 heterocycles. The Kier molecular flexibility index (Phi) is 3.79. The van der Waals surface area contributed by atoms with Crippen molar-refractivity contribution in [3.63, 3.8) is 0 Å². The van der Waals surface area contributed by atoms with Crippen LogP contribution >= 0.6 is 0 Å². The fraction of sp³-hybridized carbons (Fsp3) is 0.500. The van der Waals surface area contributed by atoms with Gasteiger partial charge in [0, 0.05) is 6.54 Å². The molecule has 0 spiro atoms. The Bertz CT molecular complexity index is 397. The Hall–Kier alpha value is -1.35. The molecule has 3 nitrogen and oxygen atoms in total. The Morgan fingerprint density at radius 1 is 1.35 bits per heavy atom. The summed E-state index contributed by atoms with van der Waals surface area (Å²) in [5.41, 5.74) is 1.39. The van der Waals surface area contributed by atoms with E-state index in [4.69, 9.17) is 5.11 Å². The molecule has 1 aliphatic rings. The monoisotopic (exact) mass is 233 g/mol. The minimum Gasteiger partial charge on any atom is -0.478 e. The SMILES string of the molecule is CC(CN1CCCC1)c1ccccc1C(=O)O. The normalized spacial score (nSPS) is 18.2. The first-order valence-corrected chi connectivity index (χ1v) is 6.23. The summed E-state index contributed by atoms with van der Waals surface area (Å²) in [7, 11) is 0. The maximum atomic E-state index is 11.1. The second-order valence-electron chi connectivity index (χ2n) is 4.80. The predicted octanol–water partition coefficient (Wildman–Crippen LogP) is 2.58. The fourth-order valence-electron chi connectivity index (χ4n) is 2.57. The van der Waals surface area contributed by atoms with Gasteiger partial charge in [0.05, 0.1) is 5.56 Å². The summed E-state index contributed by atoms with van der Waals surface area (Å²) < 4.78 is 0. The summed E-state index contributed by atoms with van der Waals surface area (Å²) in [6.45, 7) is 5.38. The lowest BCUT2D eigenvalue weighted by atomic mass is 9.95. The molecule has 0 saturated carbocycles. The second kappa shape index (κ2) is 5.32. The van der Waals surface area contributed by atoms with Gasteiger partial charge in [-0.05, 0) is 43.5 Å². The molecule has 0 aromatic heterocycles. The van der Waals surface area contributed by atoms with E-state index in [0.717, 1.165) is 25.2 Å². The second-order valence-corrected chi connectivity index (χ2v) is 4.80. The fourth-order valence-corrected chi connectivity index (χ4v) is 2.57. The van der Waals surface area contributed by atoms with Gasteiger partial charge in [0.25, 0.3) is 0 Å². The van der Waals surface area contributed by atoms with Crippen LogP contribution in [0.4, 0.5) is 0 Å². The van der Waals surface area contributed by atoms with Crippen molar-refractivity contribution in [1.29, 1.82) is 0 Å². The molecule has 1 unspecified atom stereocenters. The number of carboxylic acid groups (broad SMARTS) is 1. The van der Waals surface area contributed by atoms with Gasteiger partial charge in [-0.3, -0.25) is 0 Å². The number of carboxylic acids is 1. The number of rotatable bonds is 4. The molecular formula is C14H19NO2. The van der Waals surface area contributed by atoms with Crippen molar-refractivity contribution in [2.24, 2.45) is 0 Å². The van der Waals surface area contributed by atoms with Crippen molar-refractivity contribution in [3.8, 4) is 0 Å². The molecule has 0 aliphatic carbocycles. The van der Waals surface area contributed by atoms with Gasteiger partial charge in [-0.15, -0.1) is 0 Å². The Balaban J connectivity index is 2.12. The molecule has 17 heavy (non-hydrogen) atoms. The molecule has 1 saturated heterocycles. The Labute approximate surface area is 102 Å². The highest BCUT2D eigenvalue weighted by Gasteiger charge is 2.19. The van der Waals surface area contributed by atoms with Crippen LogP contribution in [0.15, 0.2) is 24.3 Å². The largest absolute Gasteiger partial charge is 0.478 e. The molecule has 0 radical (unpaired) electrons. The summed E-state index contributed by atoms with van der Waals surface area (Å²) in [5.74, 6) is -0.547. The van der Waals surface area contributed by atoms with E-state index in [-0.39, 0.29) is 5.92 Å². The molecule has 92 valence electrons. The van der Waals surface area contributed by atoms with Crippen LogP contribution in [0, 0.1) is 0 Å². The standard InChI is InChI=1S/C14H19NO2/c1-11(10-15-8-4-5-9-15)12-6-2-3-7-13(12)14(16)17/h2-3,6-7,11H,4-5,8-10H2,1H3,(H,16,17). The van der Waals surface area contributed by atoms with Crippen molar-refractivity contribution < 1.29 is 9.90 Å². The van der Waals surface area contributed by atoms with Gasteiger partial charge in [-0.1, -0.05) is 25.1 Å². The van der Waals surface area contributed by atoms with Gasteiger partial charge < -0.3 is 10.0 Å². The van der Waals surface area contributed by atoms with Crippen LogP contribution in [0.2, 0.25) is 0 Å². The quantitative estimate of drug-likeness (QED) is 0.869. The summed E-state index contributed by atoms with van der Waals surface area (Å²) >= 11 is 0. The first kappa shape index (κ1) is 12.1. The number of hydrogen-bond donors (Lipinski definition) is 1. The molecule has 1 aromatic carbocycles. The van der Waals surface area contributed by atoms with Crippen LogP contribution in [0.3, 0.4) is 0 Å². The van der Waals surface area contributed by atoms with Crippen molar-refractivity contribution >= 4 is 5.97 Å². The third-order valence-electron chi connectivity index (χ3n) is 3.45. The van der Waals surface area contributed by atoms with Crippen LogP contribution in [-0.4, -0.2) is 35.6 Å². The van der Waals surface area contributed by atoms with Gasteiger partial charge >= 0.3 is 5.97 Å². The lowest BCUT2D eigenvalue weighted by Crippen LogP contribution is -2.25. The van der Waals surface area contributed by atoms with E-state index in [2.05, 4.69) is 11.8 Å². The highest BCUT2D eigenvalue weighted by molar-refractivity contribution is 5.89. The average molecular weight is 233 g/mol. The van der Waals surface area contributed by atoms with Gasteiger partial charge in [0.1, 0.15) is 0 Å². The summed E-state index contributed by atoms with van der Waals surface area (Å²) in [4.78, 5) is 13.6. The number of aromatic carboxylic acids is 1. The molecule has 1 aliphatic heterocycles. The first-order chi connectivity index (χ1) is 8.18. The molecular weight excluding hydrogens is 214 g/mol. The van der Waals surface area contributed by atoms with Gasteiger partial charge in [-0.2, -0.15) is 0 Å². The van der Waals surface area contributed by atoms with Crippen LogP contribution < -0.4 is 0 Å². The first-order valence-electron chi connectivity index (χ1n) is 6.23. The summed E-state index contributed by atoms with van der Waals surface area (Å²) in [6, 6.07) is 7.33. The van der Waals surface area contributed by atoms with Crippen molar-refractivity contribution in [3.05, 3.63) is 35.4 Å². The molecule has 0 amide bonds. The van der Waals surface area contributed by atoms with Crippen LogP contribution in [0.5, 0.6) is 0 Å². The van der Waals surface area contributed by atoms with E-state index < -0.39 is 5.97 Å². The summed E-state index contributed by atoms with van der Waals surface area (Å²) in [5, 5.41) is 9.16. The van der Waals surface area contributed by atoms with E-state index >= 15 is 0 Å². The highest BCUT2D eigenvalue weighted by Crippen LogP contribution is 2.22. The third-order valence-corrected chi connectivity index (χ3v) is 3.45. The Morgan fingerprint density at radius 3 is 2.65 bits per heavy atom. The predicted molar refractivity (Wildman–Crippen MR) is 67.5 cm³/mol. The zero-order chi connectivity index (χ0) is 12.3. The maximum Gasteiger partial charge on any atom is 0.335 e. The molecule has 1 fully saturated rings. The highest BCUT2D eigenvalue weighted by atomic mass is 16.4. The Morgan fingerprint density at radius 2 is 2.00 bits per heavy atom. The van der Waals surface area contributed by atoms with Crippen LogP contribution in [0.25, 0.3) is 0 Å². The van der Waals surface area contributed by atoms with E-state index in [0.29, 0.717) is 5.56 Å². The molecule has 1 atom stereocenters. The number of nitrogens with zero attached hydrogens (tertiary/aromatic N) is 1. The van der Waals surface area contributed by atoms with Gasteiger partial charge in [-0.25, -0.2) is 4.79 Å². The molecule has 3 heteroatoms. The summed E-state index contributed by atoms with van der Waals surface area (Å²) in [6.07, 6.45) is 2.54.